The second-order valence-corrected chi connectivity index (χ2v) is 4.14. The van der Waals surface area contributed by atoms with Crippen molar-refractivity contribution in [1.82, 2.24) is 10.6 Å². The Balaban J connectivity index is 1.63. The fraction of sp³-hybridized carbons (Fsp3) is 0.462. The van der Waals surface area contributed by atoms with E-state index in [9.17, 15) is 4.79 Å². The molecule has 0 aromatic heterocycles. The molecule has 0 unspecified atom stereocenters. The first kappa shape index (κ1) is 12.9. The minimum absolute atomic E-state index is 0.0306. The maximum Gasteiger partial charge on any atom is 0.407 e. The molecule has 2 rings (SSSR count). The van der Waals surface area contributed by atoms with Gasteiger partial charge in [0.2, 0.25) is 0 Å². The van der Waals surface area contributed by atoms with Gasteiger partial charge in [-0.25, -0.2) is 4.79 Å². The number of benzene rings is 1. The zero-order chi connectivity index (χ0) is 12.6. The summed E-state index contributed by atoms with van der Waals surface area (Å²) in [4.78, 5) is 11.4. The maximum atomic E-state index is 11.4. The van der Waals surface area contributed by atoms with Crippen molar-refractivity contribution >= 4 is 6.09 Å². The van der Waals surface area contributed by atoms with Gasteiger partial charge in [0, 0.05) is 19.6 Å². The molecule has 1 atom stereocenters. The number of hydrogen-bond acceptors (Lipinski definition) is 4. The first-order valence-electron chi connectivity index (χ1n) is 6.11. The number of carbonyl (C=O) groups excluding carboxylic acids is 1. The minimum Gasteiger partial charge on any atom is -0.445 e. The molecule has 1 saturated heterocycles. The fourth-order valence-electron chi connectivity index (χ4n) is 1.72. The maximum absolute atomic E-state index is 11.4. The van der Waals surface area contributed by atoms with Crippen molar-refractivity contribution in [1.29, 1.82) is 0 Å². The Kier molecular flexibility index (Phi) is 4.99. The van der Waals surface area contributed by atoms with Gasteiger partial charge in [-0.15, -0.1) is 0 Å². The molecule has 1 aromatic carbocycles. The van der Waals surface area contributed by atoms with E-state index < -0.39 is 6.09 Å². The quantitative estimate of drug-likeness (QED) is 0.833. The summed E-state index contributed by atoms with van der Waals surface area (Å²) in [5.74, 6) is 0. The first-order chi connectivity index (χ1) is 8.84. The molecule has 5 heteroatoms. The van der Waals surface area contributed by atoms with Gasteiger partial charge >= 0.3 is 6.09 Å². The van der Waals surface area contributed by atoms with Crippen LogP contribution in [0, 0.1) is 0 Å². The van der Waals surface area contributed by atoms with Crippen molar-refractivity contribution in [2.75, 3.05) is 26.2 Å². The molecule has 0 aliphatic carbocycles. The van der Waals surface area contributed by atoms with Gasteiger partial charge in [-0.1, -0.05) is 30.3 Å². The molecular weight excluding hydrogens is 232 g/mol. The Bertz CT molecular complexity index is 364. The Hall–Kier alpha value is -1.59. The fourth-order valence-corrected chi connectivity index (χ4v) is 1.72. The van der Waals surface area contributed by atoms with E-state index in [4.69, 9.17) is 9.47 Å². The Labute approximate surface area is 106 Å². The van der Waals surface area contributed by atoms with Crippen molar-refractivity contribution in [3.63, 3.8) is 0 Å². The Morgan fingerprint density at radius 3 is 3.00 bits per heavy atom. The number of nitrogens with one attached hydrogen (secondary N) is 2. The second-order valence-electron chi connectivity index (χ2n) is 4.14. The summed E-state index contributed by atoms with van der Waals surface area (Å²) in [7, 11) is 0. The molecule has 1 fully saturated rings. The highest BCUT2D eigenvalue weighted by molar-refractivity contribution is 5.67. The van der Waals surface area contributed by atoms with E-state index in [0.717, 1.165) is 18.7 Å². The van der Waals surface area contributed by atoms with Crippen LogP contribution in [0.2, 0.25) is 0 Å². The molecule has 1 aromatic rings. The summed E-state index contributed by atoms with van der Waals surface area (Å²) in [6.45, 7) is 3.08. The van der Waals surface area contributed by atoms with Crippen molar-refractivity contribution in [3.05, 3.63) is 35.9 Å². The average molecular weight is 250 g/mol. The van der Waals surface area contributed by atoms with Crippen LogP contribution in [0.4, 0.5) is 4.79 Å². The third-order valence-corrected chi connectivity index (χ3v) is 2.69. The molecule has 1 amide bonds. The molecule has 1 aliphatic rings. The zero-order valence-electron chi connectivity index (χ0n) is 10.2. The van der Waals surface area contributed by atoms with E-state index >= 15 is 0 Å². The second kappa shape index (κ2) is 6.98. The third-order valence-electron chi connectivity index (χ3n) is 2.69. The first-order valence-corrected chi connectivity index (χ1v) is 6.11. The number of morpholine rings is 1. The van der Waals surface area contributed by atoms with Gasteiger partial charge < -0.3 is 20.1 Å². The Morgan fingerprint density at radius 2 is 2.28 bits per heavy atom. The molecule has 18 heavy (non-hydrogen) atoms. The summed E-state index contributed by atoms with van der Waals surface area (Å²) in [6.07, 6.45) is -0.379. The number of ether oxygens (including phenoxy) is 2. The lowest BCUT2D eigenvalue weighted by Crippen LogP contribution is -2.45. The van der Waals surface area contributed by atoms with Gasteiger partial charge in [0.15, 0.2) is 0 Å². The van der Waals surface area contributed by atoms with Crippen LogP contribution in [0.3, 0.4) is 0 Å². The van der Waals surface area contributed by atoms with E-state index in [2.05, 4.69) is 10.6 Å². The van der Waals surface area contributed by atoms with Crippen LogP contribution in [0.25, 0.3) is 0 Å². The van der Waals surface area contributed by atoms with Gasteiger partial charge in [0.25, 0.3) is 0 Å². The largest absolute Gasteiger partial charge is 0.445 e. The summed E-state index contributed by atoms with van der Waals surface area (Å²) in [5, 5.41) is 5.90. The molecule has 98 valence electrons. The van der Waals surface area contributed by atoms with E-state index in [1.165, 1.54) is 0 Å². The van der Waals surface area contributed by atoms with E-state index in [1.807, 2.05) is 30.3 Å². The monoisotopic (exact) mass is 250 g/mol. The van der Waals surface area contributed by atoms with Gasteiger partial charge in [-0.05, 0) is 5.56 Å². The molecule has 1 heterocycles. The third kappa shape index (κ3) is 4.35. The van der Waals surface area contributed by atoms with Gasteiger partial charge in [0.05, 0.1) is 12.7 Å². The smallest absolute Gasteiger partial charge is 0.407 e. The average Bonchev–Trinajstić information content (AvgIpc) is 2.45. The number of rotatable bonds is 4. The van der Waals surface area contributed by atoms with Crippen LogP contribution in [-0.2, 0) is 16.1 Å². The van der Waals surface area contributed by atoms with E-state index in [1.54, 1.807) is 0 Å². The van der Waals surface area contributed by atoms with Crippen molar-refractivity contribution in [3.8, 4) is 0 Å². The lowest BCUT2D eigenvalue weighted by Gasteiger charge is -2.23. The standard InChI is InChI=1S/C13H18N2O3/c16-13(15-9-12-8-14-6-7-17-12)18-10-11-4-2-1-3-5-11/h1-5,12,14H,6-10H2,(H,15,16)/t12-/m1/s1. The number of hydrogen-bond donors (Lipinski definition) is 2. The van der Waals surface area contributed by atoms with Crippen LogP contribution in [0.1, 0.15) is 5.56 Å². The lowest BCUT2D eigenvalue weighted by atomic mass is 10.2. The highest BCUT2D eigenvalue weighted by Gasteiger charge is 2.14. The summed E-state index contributed by atoms with van der Waals surface area (Å²) in [6, 6.07) is 9.59. The highest BCUT2D eigenvalue weighted by atomic mass is 16.5. The van der Waals surface area contributed by atoms with Gasteiger partial charge in [-0.3, -0.25) is 0 Å². The normalized spacial score (nSPS) is 19.2. The van der Waals surface area contributed by atoms with E-state index in [0.29, 0.717) is 13.2 Å². The van der Waals surface area contributed by atoms with Gasteiger partial charge in [-0.2, -0.15) is 0 Å². The molecule has 0 bridgehead atoms. The predicted octanol–water partition coefficient (Wildman–Crippen LogP) is 0.901. The van der Waals surface area contributed by atoms with Crippen LogP contribution in [-0.4, -0.2) is 38.4 Å². The number of alkyl carbamates (subject to hydrolysis) is 1. The van der Waals surface area contributed by atoms with Crippen molar-refractivity contribution < 1.29 is 14.3 Å². The minimum atomic E-state index is -0.409. The Morgan fingerprint density at radius 1 is 1.44 bits per heavy atom. The summed E-state index contributed by atoms with van der Waals surface area (Å²) < 4.78 is 10.6. The van der Waals surface area contributed by atoms with Crippen LogP contribution in [0.15, 0.2) is 30.3 Å². The molecule has 0 radical (unpaired) electrons. The topological polar surface area (TPSA) is 59.6 Å². The molecule has 2 N–H and O–H groups in total. The summed E-state index contributed by atoms with van der Waals surface area (Å²) >= 11 is 0. The molecule has 0 saturated carbocycles. The van der Waals surface area contributed by atoms with Gasteiger partial charge in [0.1, 0.15) is 6.61 Å². The summed E-state index contributed by atoms with van der Waals surface area (Å²) in [5.41, 5.74) is 0.975. The van der Waals surface area contributed by atoms with Crippen LogP contribution >= 0.6 is 0 Å². The lowest BCUT2D eigenvalue weighted by molar-refractivity contribution is 0.0281. The number of carbonyl (C=O) groups is 1. The molecule has 1 aliphatic heterocycles. The van der Waals surface area contributed by atoms with E-state index in [-0.39, 0.29) is 12.7 Å². The zero-order valence-corrected chi connectivity index (χ0v) is 10.2. The van der Waals surface area contributed by atoms with Crippen molar-refractivity contribution in [2.24, 2.45) is 0 Å². The molecular formula is C13H18N2O3. The van der Waals surface area contributed by atoms with Crippen LogP contribution in [0.5, 0.6) is 0 Å². The molecule has 0 spiro atoms. The predicted molar refractivity (Wildman–Crippen MR) is 67.2 cm³/mol. The number of amides is 1. The van der Waals surface area contributed by atoms with Crippen molar-refractivity contribution in [2.45, 2.75) is 12.7 Å². The SMILES string of the molecule is O=C(NC[C@H]1CNCCO1)OCc1ccccc1. The molecule has 5 nitrogen and oxygen atoms in total. The highest BCUT2D eigenvalue weighted by Crippen LogP contribution is 2.00. The van der Waals surface area contributed by atoms with Crippen LogP contribution < -0.4 is 10.6 Å².